The number of phenols is 1. The van der Waals surface area contributed by atoms with Crippen molar-refractivity contribution in [2.75, 3.05) is 6.61 Å². The predicted octanol–water partition coefficient (Wildman–Crippen LogP) is 5.53. The van der Waals surface area contributed by atoms with Gasteiger partial charge in [-0.2, -0.15) is 5.10 Å². The molecule has 5 rings (SSSR count). The van der Waals surface area contributed by atoms with Gasteiger partial charge in [-0.15, -0.1) is 0 Å². The van der Waals surface area contributed by atoms with Gasteiger partial charge < -0.3 is 19.2 Å². The largest absolute Gasteiger partial charge is 0.507 e. The highest BCUT2D eigenvalue weighted by Crippen LogP contribution is 2.46. The first-order chi connectivity index (χ1) is 16.5. The van der Waals surface area contributed by atoms with Crippen LogP contribution in [0.25, 0.3) is 11.3 Å². The zero-order valence-corrected chi connectivity index (χ0v) is 19.5. The summed E-state index contributed by atoms with van der Waals surface area (Å²) in [5, 5.41) is 18.2. The normalized spacial score (nSPS) is 15.1. The summed E-state index contributed by atoms with van der Waals surface area (Å²) in [5.74, 6) is 1.46. The molecule has 34 heavy (non-hydrogen) atoms. The molecule has 2 N–H and O–H groups in total. The Bertz CT molecular complexity index is 1300. The number of aromatic hydroxyl groups is 1. The number of ether oxygens (including phenoxy) is 1. The van der Waals surface area contributed by atoms with Crippen molar-refractivity contribution < 1.29 is 19.1 Å². The van der Waals surface area contributed by atoms with Gasteiger partial charge in [-0.1, -0.05) is 25.1 Å². The van der Waals surface area contributed by atoms with Crippen molar-refractivity contribution in [2.45, 2.75) is 39.8 Å². The number of benzene rings is 2. The van der Waals surface area contributed by atoms with Crippen LogP contribution in [-0.4, -0.2) is 32.7 Å². The van der Waals surface area contributed by atoms with Crippen LogP contribution in [0.15, 0.2) is 59.2 Å². The Kier molecular flexibility index (Phi) is 5.61. The number of nitrogens with one attached hydrogen (secondary N) is 1. The lowest BCUT2D eigenvalue weighted by molar-refractivity contribution is 0.0717. The Hall–Kier alpha value is -4.00. The Morgan fingerprint density at radius 3 is 2.65 bits per heavy atom. The number of aromatic nitrogens is 2. The van der Waals surface area contributed by atoms with Crippen molar-refractivity contribution in [1.82, 2.24) is 15.1 Å². The molecule has 4 aromatic rings. The van der Waals surface area contributed by atoms with Gasteiger partial charge in [0.1, 0.15) is 28.6 Å². The first-order valence-electron chi connectivity index (χ1n) is 11.4. The fourth-order valence-corrected chi connectivity index (χ4v) is 4.69. The third-order valence-corrected chi connectivity index (χ3v) is 6.13. The number of amides is 1. The molecule has 0 spiro atoms. The summed E-state index contributed by atoms with van der Waals surface area (Å²) in [6.45, 7) is 6.90. The number of carbonyl (C=O) groups excluding carboxylic acids is 1. The lowest BCUT2D eigenvalue weighted by Gasteiger charge is -2.26. The molecular weight excluding hydrogens is 430 g/mol. The van der Waals surface area contributed by atoms with Crippen LogP contribution in [-0.2, 0) is 6.54 Å². The van der Waals surface area contributed by atoms with E-state index in [1.165, 1.54) is 0 Å². The van der Waals surface area contributed by atoms with Crippen LogP contribution in [0.3, 0.4) is 0 Å². The van der Waals surface area contributed by atoms with Crippen molar-refractivity contribution in [2.24, 2.45) is 0 Å². The second-order valence-electron chi connectivity index (χ2n) is 8.67. The van der Waals surface area contributed by atoms with Crippen LogP contribution in [0.4, 0.5) is 0 Å². The lowest BCUT2D eigenvalue weighted by Crippen LogP contribution is -2.29. The first-order valence-corrected chi connectivity index (χ1v) is 11.4. The highest BCUT2D eigenvalue weighted by Gasteiger charge is 2.43. The highest BCUT2D eigenvalue weighted by molar-refractivity contribution is 6.00. The van der Waals surface area contributed by atoms with Crippen LogP contribution in [0.5, 0.6) is 11.5 Å². The van der Waals surface area contributed by atoms with Crippen molar-refractivity contribution in [3.05, 3.63) is 88.5 Å². The molecule has 0 fully saturated rings. The number of rotatable bonds is 7. The molecule has 1 unspecified atom stereocenters. The second-order valence-corrected chi connectivity index (χ2v) is 8.67. The lowest BCUT2D eigenvalue weighted by atomic mass is 9.93. The molecule has 3 heterocycles. The fraction of sp³-hybridized carbons (Fsp3) is 0.259. The van der Waals surface area contributed by atoms with Crippen molar-refractivity contribution >= 4 is 5.91 Å². The zero-order valence-electron chi connectivity index (χ0n) is 19.5. The van der Waals surface area contributed by atoms with Gasteiger partial charge in [-0.3, -0.25) is 9.89 Å². The smallest absolute Gasteiger partial charge is 0.273 e. The molecule has 1 aliphatic rings. The highest BCUT2D eigenvalue weighted by atomic mass is 16.5. The topological polar surface area (TPSA) is 91.6 Å². The van der Waals surface area contributed by atoms with E-state index in [1.807, 2.05) is 56.3 Å². The van der Waals surface area contributed by atoms with Crippen LogP contribution in [0.1, 0.15) is 57.9 Å². The van der Waals surface area contributed by atoms with Crippen LogP contribution >= 0.6 is 0 Å². The maximum Gasteiger partial charge on any atom is 0.273 e. The zero-order chi connectivity index (χ0) is 23.8. The predicted molar refractivity (Wildman–Crippen MR) is 128 cm³/mol. The van der Waals surface area contributed by atoms with Crippen LogP contribution in [0, 0.1) is 13.8 Å². The molecular formula is C27H27N3O4. The van der Waals surface area contributed by atoms with Gasteiger partial charge in [0.15, 0.2) is 0 Å². The number of hydrogen-bond donors (Lipinski definition) is 2. The molecule has 174 valence electrons. The summed E-state index contributed by atoms with van der Waals surface area (Å²) in [5.41, 5.74) is 5.17. The van der Waals surface area contributed by atoms with E-state index in [-0.39, 0.29) is 11.7 Å². The first kappa shape index (κ1) is 21.8. The van der Waals surface area contributed by atoms with Gasteiger partial charge in [0, 0.05) is 11.1 Å². The summed E-state index contributed by atoms with van der Waals surface area (Å²) in [7, 11) is 0. The summed E-state index contributed by atoms with van der Waals surface area (Å²) < 4.78 is 11.3. The molecule has 0 radical (unpaired) electrons. The molecule has 0 bridgehead atoms. The number of furan rings is 1. The molecule has 7 nitrogen and oxygen atoms in total. The number of nitrogens with zero attached hydrogens (tertiary/aromatic N) is 2. The molecule has 0 aliphatic carbocycles. The van der Waals surface area contributed by atoms with E-state index in [2.05, 4.69) is 17.1 Å². The Balaban J connectivity index is 1.63. The van der Waals surface area contributed by atoms with Gasteiger partial charge in [0.2, 0.25) is 0 Å². The van der Waals surface area contributed by atoms with Crippen LogP contribution in [0.2, 0.25) is 0 Å². The monoisotopic (exact) mass is 457 g/mol. The van der Waals surface area contributed by atoms with Gasteiger partial charge in [-0.25, -0.2) is 0 Å². The van der Waals surface area contributed by atoms with Crippen molar-refractivity contribution in [1.29, 1.82) is 0 Å². The molecule has 7 heteroatoms. The molecule has 1 atom stereocenters. The number of H-pyrrole nitrogens is 1. The Labute approximate surface area is 198 Å². The fourth-order valence-electron chi connectivity index (χ4n) is 4.69. The van der Waals surface area contributed by atoms with Gasteiger partial charge in [0.25, 0.3) is 5.91 Å². The van der Waals surface area contributed by atoms with Crippen LogP contribution < -0.4 is 4.74 Å². The van der Waals surface area contributed by atoms with E-state index in [0.717, 1.165) is 34.4 Å². The SMILES string of the molecule is CCCOc1ccc(C2c3c(-c4c(C)cc(C)cc4O)n[nH]c3C(=O)N2Cc2ccco2)cc1. The summed E-state index contributed by atoms with van der Waals surface area (Å²) in [6, 6.07) is 14.8. The summed E-state index contributed by atoms with van der Waals surface area (Å²) >= 11 is 0. The number of fused-ring (bicyclic) bond motifs is 1. The minimum atomic E-state index is -0.401. The molecule has 1 aliphatic heterocycles. The maximum atomic E-state index is 13.5. The molecule has 2 aromatic heterocycles. The Morgan fingerprint density at radius 1 is 1.18 bits per heavy atom. The third kappa shape index (κ3) is 3.73. The molecule has 0 saturated carbocycles. The minimum absolute atomic E-state index is 0.144. The van der Waals surface area contributed by atoms with Gasteiger partial charge in [0.05, 0.1) is 25.5 Å². The van der Waals surface area contributed by atoms with E-state index in [1.54, 1.807) is 17.2 Å². The number of carbonyl (C=O) groups is 1. The van der Waals surface area contributed by atoms with Crippen molar-refractivity contribution in [3.63, 3.8) is 0 Å². The minimum Gasteiger partial charge on any atom is -0.507 e. The van der Waals surface area contributed by atoms with E-state index in [0.29, 0.717) is 35.9 Å². The quantitative estimate of drug-likeness (QED) is 0.381. The number of hydrogen-bond acceptors (Lipinski definition) is 5. The summed E-state index contributed by atoms with van der Waals surface area (Å²) in [4.78, 5) is 15.3. The van der Waals surface area contributed by atoms with Gasteiger partial charge in [-0.05, 0) is 67.3 Å². The maximum absolute atomic E-state index is 13.5. The second kappa shape index (κ2) is 8.74. The van der Waals surface area contributed by atoms with E-state index < -0.39 is 6.04 Å². The van der Waals surface area contributed by atoms with Crippen molar-refractivity contribution in [3.8, 4) is 22.8 Å². The summed E-state index contributed by atoms with van der Waals surface area (Å²) in [6.07, 6.45) is 2.53. The van der Waals surface area contributed by atoms with Gasteiger partial charge >= 0.3 is 0 Å². The van der Waals surface area contributed by atoms with E-state index in [9.17, 15) is 9.90 Å². The van der Waals surface area contributed by atoms with E-state index in [4.69, 9.17) is 9.15 Å². The molecule has 2 aromatic carbocycles. The Morgan fingerprint density at radius 2 is 1.97 bits per heavy atom. The number of aryl methyl sites for hydroxylation is 2. The number of aromatic amines is 1. The average molecular weight is 458 g/mol. The average Bonchev–Trinajstić information content (AvgIpc) is 3.53. The standard InChI is InChI=1S/C27H27N3O4/c1-4-11-33-19-9-7-18(8-10-19)26-23-24(22-17(3)13-16(2)14-21(22)31)28-29-25(23)27(32)30(26)15-20-6-5-12-34-20/h5-10,12-14,26,31H,4,11,15H2,1-3H3,(H,28,29). The van der Waals surface area contributed by atoms with E-state index >= 15 is 0 Å². The number of phenolic OH excluding ortho intramolecular Hbond substituents is 1. The molecule has 1 amide bonds. The molecule has 0 saturated heterocycles. The third-order valence-electron chi connectivity index (χ3n) is 6.13.